The van der Waals surface area contributed by atoms with Gasteiger partial charge in [-0.1, -0.05) is 0 Å². The summed E-state index contributed by atoms with van der Waals surface area (Å²) in [5, 5.41) is 10.2. The number of sulfonamides is 1. The number of nitrogens with one attached hydrogen (secondary N) is 3. The molecule has 0 bridgehead atoms. The van der Waals surface area contributed by atoms with Crippen LogP contribution in [0.2, 0.25) is 0 Å². The van der Waals surface area contributed by atoms with E-state index in [-0.39, 0.29) is 18.4 Å². The van der Waals surface area contributed by atoms with E-state index >= 15 is 0 Å². The summed E-state index contributed by atoms with van der Waals surface area (Å²) in [7, 11) is 0.168. The van der Waals surface area contributed by atoms with Crippen LogP contribution < -0.4 is 15.4 Å². The monoisotopic (exact) mass is 372 g/mol. The van der Waals surface area contributed by atoms with Gasteiger partial charge < -0.3 is 15.4 Å². The van der Waals surface area contributed by atoms with Crippen LogP contribution in [0.3, 0.4) is 0 Å². The fraction of sp³-hybridized carbons (Fsp3) is 0.733. The van der Waals surface area contributed by atoms with Gasteiger partial charge in [0, 0.05) is 40.0 Å². The van der Waals surface area contributed by atoms with Crippen molar-refractivity contribution in [3.05, 3.63) is 18.0 Å². The zero-order valence-corrected chi connectivity index (χ0v) is 15.7. The topological polar surface area (TPSA) is 110 Å². The zero-order chi connectivity index (χ0) is 18.1. The molecule has 0 aliphatic carbocycles. The van der Waals surface area contributed by atoms with E-state index in [1.54, 1.807) is 17.9 Å². The van der Waals surface area contributed by atoms with Gasteiger partial charge in [-0.2, -0.15) is 5.10 Å². The second-order valence-electron chi connectivity index (χ2n) is 5.95. The van der Waals surface area contributed by atoms with Crippen molar-refractivity contribution in [3.63, 3.8) is 0 Å². The molecule has 2 heterocycles. The molecule has 142 valence electrons. The maximum absolute atomic E-state index is 12.1. The Kier molecular flexibility index (Phi) is 7.66. The highest BCUT2D eigenvalue weighted by Crippen LogP contribution is 2.11. The summed E-state index contributed by atoms with van der Waals surface area (Å²) in [5.41, 5.74) is 1.00. The van der Waals surface area contributed by atoms with Crippen LogP contribution in [0.5, 0.6) is 0 Å². The van der Waals surface area contributed by atoms with Crippen LogP contribution in [0, 0.1) is 0 Å². The van der Waals surface area contributed by atoms with E-state index in [1.165, 1.54) is 0 Å². The second-order valence-corrected chi connectivity index (χ2v) is 7.88. The Hall–Kier alpha value is -1.65. The maximum atomic E-state index is 12.1. The molecule has 3 N–H and O–H groups in total. The van der Waals surface area contributed by atoms with Gasteiger partial charge in [0.2, 0.25) is 10.0 Å². The summed E-state index contributed by atoms with van der Waals surface area (Å²) in [4.78, 5) is 4.09. The molecule has 1 aromatic heterocycles. The summed E-state index contributed by atoms with van der Waals surface area (Å²) >= 11 is 0. The Balaban J connectivity index is 1.67. The van der Waals surface area contributed by atoms with Gasteiger partial charge in [0.05, 0.1) is 24.1 Å². The molecule has 1 aromatic rings. The fourth-order valence-electron chi connectivity index (χ4n) is 2.53. The van der Waals surface area contributed by atoms with Crippen LogP contribution in [0.1, 0.15) is 25.0 Å². The molecule has 0 aromatic carbocycles. The fourth-order valence-corrected chi connectivity index (χ4v) is 3.49. The van der Waals surface area contributed by atoms with Crippen LogP contribution in [0.4, 0.5) is 0 Å². The molecule has 1 saturated heterocycles. The number of guanidine groups is 1. The van der Waals surface area contributed by atoms with Crippen molar-refractivity contribution in [1.82, 2.24) is 25.1 Å². The summed E-state index contributed by atoms with van der Waals surface area (Å²) < 4.78 is 34.0. The molecule has 0 amide bonds. The molecular weight excluding hydrogens is 344 g/mol. The number of nitrogens with zero attached hydrogens (tertiary/aromatic N) is 3. The Morgan fingerprint density at radius 3 is 2.92 bits per heavy atom. The van der Waals surface area contributed by atoms with Gasteiger partial charge in [0.15, 0.2) is 5.96 Å². The zero-order valence-electron chi connectivity index (χ0n) is 14.9. The highest BCUT2D eigenvalue weighted by Gasteiger charge is 2.17. The summed E-state index contributed by atoms with van der Waals surface area (Å²) in [6.07, 6.45) is 4.77. The lowest BCUT2D eigenvalue weighted by atomic mass is 10.1. The molecule has 2 rings (SSSR count). The number of ether oxygens (including phenoxy) is 1. The normalized spacial score (nSPS) is 19.0. The van der Waals surface area contributed by atoms with Crippen molar-refractivity contribution in [2.45, 2.75) is 31.9 Å². The maximum Gasteiger partial charge on any atom is 0.213 e. The number of hydrogen-bond donors (Lipinski definition) is 3. The quantitative estimate of drug-likeness (QED) is 0.422. The number of aryl methyl sites for hydroxylation is 1. The van der Waals surface area contributed by atoms with Gasteiger partial charge in [0.25, 0.3) is 0 Å². The van der Waals surface area contributed by atoms with Crippen molar-refractivity contribution >= 4 is 16.0 Å². The Labute approximate surface area is 149 Å². The average Bonchev–Trinajstić information content (AvgIpc) is 3.02. The standard InChI is InChI=1S/C15H28N6O3S/c1-16-15(18-11-13-6-7-19-21(13)2)17-8-10-25(22,23)20-12-14-5-3-4-9-24-14/h6-7,14,20H,3-5,8-12H2,1-2H3,(H2,16,17,18). The first kappa shape index (κ1) is 19.7. The smallest absolute Gasteiger partial charge is 0.213 e. The third-order valence-electron chi connectivity index (χ3n) is 4.05. The van der Waals surface area contributed by atoms with Gasteiger partial charge in [0.1, 0.15) is 0 Å². The molecule has 10 heteroatoms. The van der Waals surface area contributed by atoms with Gasteiger partial charge in [-0.3, -0.25) is 9.67 Å². The molecule has 0 saturated carbocycles. The predicted molar refractivity (Wildman–Crippen MR) is 96.8 cm³/mol. The van der Waals surface area contributed by atoms with Crippen LogP contribution in [0.15, 0.2) is 17.3 Å². The van der Waals surface area contributed by atoms with Crippen molar-refractivity contribution in [1.29, 1.82) is 0 Å². The van der Waals surface area contributed by atoms with Gasteiger partial charge in [-0.05, 0) is 25.3 Å². The first-order valence-electron chi connectivity index (χ1n) is 8.50. The van der Waals surface area contributed by atoms with Crippen molar-refractivity contribution < 1.29 is 13.2 Å². The number of aromatic nitrogens is 2. The summed E-state index contributed by atoms with van der Waals surface area (Å²) in [6, 6.07) is 1.90. The highest BCUT2D eigenvalue weighted by atomic mass is 32.2. The molecule has 1 fully saturated rings. The lowest BCUT2D eigenvalue weighted by Crippen LogP contribution is -2.42. The molecule has 0 radical (unpaired) electrons. The van der Waals surface area contributed by atoms with Gasteiger partial charge in [-0.15, -0.1) is 0 Å². The molecule has 25 heavy (non-hydrogen) atoms. The predicted octanol–water partition coefficient (Wildman–Crippen LogP) is -0.426. The first-order valence-corrected chi connectivity index (χ1v) is 10.2. The Morgan fingerprint density at radius 2 is 2.28 bits per heavy atom. The van der Waals surface area contributed by atoms with Gasteiger partial charge >= 0.3 is 0 Å². The minimum Gasteiger partial charge on any atom is -0.377 e. The molecule has 1 aliphatic rings. The van der Waals surface area contributed by atoms with Crippen molar-refractivity contribution in [3.8, 4) is 0 Å². The summed E-state index contributed by atoms with van der Waals surface area (Å²) in [5.74, 6) is 0.526. The third-order valence-corrected chi connectivity index (χ3v) is 5.40. The molecular formula is C15H28N6O3S. The van der Waals surface area contributed by atoms with E-state index < -0.39 is 10.0 Å². The molecule has 1 aliphatic heterocycles. The van der Waals surface area contributed by atoms with Crippen LogP contribution in [0.25, 0.3) is 0 Å². The third kappa shape index (κ3) is 7.00. The largest absolute Gasteiger partial charge is 0.377 e. The van der Waals surface area contributed by atoms with Crippen LogP contribution >= 0.6 is 0 Å². The Morgan fingerprint density at radius 1 is 1.44 bits per heavy atom. The lowest BCUT2D eigenvalue weighted by molar-refractivity contribution is 0.0200. The molecule has 1 unspecified atom stereocenters. The number of hydrogen-bond acceptors (Lipinski definition) is 5. The minimum atomic E-state index is -3.34. The number of rotatable bonds is 8. The molecule has 0 spiro atoms. The van der Waals surface area contributed by atoms with Crippen LogP contribution in [-0.4, -0.2) is 62.8 Å². The van der Waals surface area contributed by atoms with E-state index in [0.29, 0.717) is 25.7 Å². The van der Waals surface area contributed by atoms with E-state index in [4.69, 9.17) is 4.74 Å². The SMILES string of the molecule is CN=C(NCCS(=O)(=O)NCC1CCCCO1)NCc1ccnn1C. The number of aliphatic imine (C=N–C) groups is 1. The molecule has 1 atom stereocenters. The van der Waals surface area contributed by atoms with Gasteiger partial charge in [-0.25, -0.2) is 13.1 Å². The van der Waals surface area contributed by atoms with E-state index in [9.17, 15) is 8.42 Å². The highest BCUT2D eigenvalue weighted by molar-refractivity contribution is 7.89. The van der Waals surface area contributed by atoms with E-state index in [2.05, 4.69) is 25.4 Å². The Bertz CT molecular complexity index is 652. The van der Waals surface area contributed by atoms with Crippen molar-refractivity contribution in [2.75, 3.05) is 32.5 Å². The van der Waals surface area contributed by atoms with E-state index in [0.717, 1.165) is 25.0 Å². The van der Waals surface area contributed by atoms with E-state index in [1.807, 2.05) is 13.1 Å². The average molecular weight is 372 g/mol. The van der Waals surface area contributed by atoms with Crippen LogP contribution in [-0.2, 0) is 28.4 Å². The molecule has 9 nitrogen and oxygen atoms in total. The van der Waals surface area contributed by atoms with Crippen molar-refractivity contribution in [2.24, 2.45) is 12.0 Å². The second kappa shape index (κ2) is 9.73. The minimum absolute atomic E-state index is 0.00943. The summed E-state index contributed by atoms with van der Waals surface area (Å²) in [6.45, 7) is 1.88. The lowest BCUT2D eigenvalue weighted by Gasteiger charge is -2.22. The first-order chi connectivity index (χ1) is 12.0.